The molecule has 0 spiro atoms. The first-order valence-corrected chi connectivity index (χ1v) is 6.50. The zero-order valence-corrected chi connectivity index (χ0v) is 11.7. The number of benzene rings is 1. The number of esters is 1. The van der Waals surface area contributed by atoms with Gasteiger partial charge in [0.1, 0.15) is 11.5 Å². The maximum atomic E-state index is 11.6. The monoisotopic (exact) mass is 328 g/mol. The number of furan rings is 1. The lowest BCUT2D eigenvalue weighted by Crippen LogP contribution is -2.09. The van der Waals surface area contributed by atoms with E-state index in [2.05, 4.69) is 15.9 Å². The van der Waals surface area contributed by atoms with Crippen molar-refractivity contribution in [1.29, 1.82) is 0 Å². The van der Waals surface area contributed by atoms with Crippen molar-refractivity contribution >= 4 is 33.5 Å². The molecule has 0 fully saturated rings. The van der Waals surface area contributed by atoms with Gasteiger partial charge in [-0.1, -0.05) is 11.6 Å². The van der Waals surface area contributed by atoms with Crippen molar-refractivity contribution in [3.63, 3.8) is 0 Å². The molecule has 2 rings (SSSR count). The Balaban J connectivity index is 1.91. The maximum absolute atomic E-state index is 11.6. The Morgan fingerprint density at radius 3 is 2.89 bits per heavy atom. The van der Waals surface area contributed by atoms with E-state index in [4.69, 9.17) is 20.8 Å². The van der Waals surface area contributed by atoms with Crippen LogP contribution in [-0.4, -0.2) is 5.97 Å². The summed E-state index contributed by atoms with van der Waals surface area (Å²) < 4.78 is 11.0. The minimum Gasteiger partial charge on any atom is -0.469 e. The van der Waals surface area contributed by atoms with Crippen LogP contribution in [0, 0.1) is 0 Å². The summed E-state index contributed by atoms with van der Waals surface area (Å²) in [5.41, 5.74) is 0. The van der Waals surface area contributed by atoms with Gasteiger partial charge in [0.2, 0.25) is 0 Å². The topological polar surface area (TPSA) is 39.4 Å². The van der Waals surface area contributed by atoms with Crippen molar-refractivity contribution in [2.75, 3.05) is 0 Å². The molecule has 0 amide bonds. The molecule has 0 saturated heterocycles. The normalized spacial score (nSPS) is 10.3. The van der Waals surface area contributed by atoms with E-state index < -0.39 is 0 Å². The predicted octanol–water partition coefficient (Wildman–Crippen LogP) is 4.23. The molecule has 0 atom stereocenters. The molecule has 5 heteroatoms. The van der Waals surface area contributed by atoms with Crippen molar-refractivity contribution in [2.45, 2.75) is 12.8 Å². The number of hydrogen-bond donors (Lipinski definition) is 0. The number of rotatable bonds is 4. The first-order valence-electron chi connectivity index (χ1n) is 5.33. The van der Waals surface area contributed by atoms with E-state index in [0.29, 0.717) is 21.7 Å². The van der Waals surface area contributed by atoms with Crippen molar-refractivity contribution in [2.24, 2.45) is 0 Å². The molecule has 0 radical (unpaired) electrons. The largest absolute Gasteiger partial charge is 0.469 e. The molecule has 1 aromatic carbocycles. The van der Waals surface area contributed by atoms with Crippen LogP contribution in [0.25, 0.3) is 0 Å². The molecule has 1 aromatic heterocycles. The summed E-state index contributed by atoms with van der Waals surface area (Å²) in [5, 5.41) is 0.581. The van der Waals surface area contributed by atoms with Crippen LogP contribution < -0.4 is 4.74 Å². The highest BCUT2D eigenvalue weighted by atomic mass is 79.9. The van der Waals surface area contributed by atoms with Gasteiger partial charge in [-0.2, -0.15) is 0 Å². The molecule has 0 aliphatic rings. The summed E-state index contributed by atoms with van der Waals surface area (Å²) in [7, 11) is 0. The summed E-state index contributed by atoms with van der Waals surface area (Å²) >= 11 is 9.08. The van der Waals surface area contributed by atoms with Crippen molar-refractivity contribution in [1.82, 2.24) is 0 Å². The first-order chi connectivity index (χ1) is 8.65. The third kappa shape index (κ3) is 3.62. The Bertz CT molecular complexity index is 537. The molecule has 0 bridgehead atoms. The van der Waals surface area contributed by atoms with Gasteiger partial charge in [-0.3, -0.25) is 4.79 Å². The SMILES string of the molecule is O=C(CCc1ccco1)Oc1ccc(Cl)cc1Br. The van der Waals surface area contributed by atoms with Gasteiger partial charge in [0, 0.05) is 11.4 Å². The number of carbonyl (C=O) groups is 1. The van der Waals surface area contributed by atoms with Gasteiger partial charge >= 0.3 is 5.97 Å². The predicted molar refractivity (Wildman–Crippen MR) is 71.8 cm³/mol. The molecular weight excluding hydrogens is 319 g/mol. The van der Waals surface area contributed by atoms with Crippen LogP contribution >= 0.6 is 27.5 Å². The van der Waals surface area contributed by atoms with Gasteiger partial charge in [0.15, 0.2) is 0 Å². The number of aryl methyl sites for hydroxylation is 1. The van der Waals surface area contributed by atoms with Crippen molar-refractivity contribution in [3.8, 4) is 5.75 Å². The third-order valence-electron chi connectivity index (χ3n) is 2.27. The number of hydrogen-bond acceptors (Lipinski definition) is 3. The molecule has 0 aliphatic heterocycles. The quantitative estimate of drug-likeness (QED) is 0.622. The van der Waals surface area contributed by atoms with Crippen molar-refractivity contribution < 1.29 is 13.9 Å². The Kier molecular flexibility index (Phi) is 4.44. The van der Waals surface area contributed by atoms with E-state index in [1.165, 1.54) is 0 Å². The van der Waals surface area contributed by atoms with E-state index in [-0.39, 0.29) is 12.4 Å². The second kappa shape index (κ2) is 6.07. The molecule has 0 unspecified atom stereocenters. The molecular formula is C13H10BrClO3. The molecule has 1 heterocycles. The van der Waals surface area contributed by atoms with Crippen LogP contribution in [0.3, 0.4) is 0 Å². The van der Waals surface area contributed by atoms with E-state index in [1.54, 1.807) is 30.5 Å². The van der Waals surface area contributed by atoms with Crippen molar-refractivity contribution in [3.05, 3.63) is 51.9 Å². The van der Waals surface area contributed by atoms with E-state index in [9.17, 15) is 4.79 Å². The molecule has 18 heavy (non-hydrogen) atoms. The van der Waals surface area contributed by atoms with Crippen LogP contribution in [0.1, 0.15) is 12.2 Å². The molecule has 0 N–H and O–H groups in total. The first kappa shape index (κ1) is 13.2. The molecule has 0 saturated carbocycles. The van der Waals surface area contributed by atoms with Gasteiger partial charge < -0.3 is 9.15 Å². The summed E-state index contributed by atoms with van der Waals surface area (Å²) in [6, 6.07) is 8.61. The lowest BCUT2D eigenvalue weighted by Gasteiger charge is -2.06. The highest BCUT2D eigenvalue weighted by Gasteiger charge is 2.09. The van der Waals surface area contributed by atoms with Gasteiger partial charge in [0.25, 0.3) is 0 Å². The minimum atomic E-state index is -0.311. The minimum absolute atomic E-state index is 0.266. The van der Waals surface area contributed by atoms with Crippen LogP contribution in [0.4, 0.5) is 0 Å². The highest BCUT2D eigenvalue weighted by molar-refractivity contribution is 9.10. The van der Waals surface area contributed by atoms with E-state index in [1.807, 2.05) is 6.07 Å². The Hall–Kier alpha value is -1.26. The fraction of sp³-hybridized carbons (Fsp3) is 0.154. The Morgan fingerprint density at radius 2 is 2.22 bits per heavy atom. The zero-order chi connectivity index (χ0) is 13.0. The summed E-state index contributed by atoms with van der Waals surface area (Å²) in [6.45, 7) is 0. The fourth-order valence-corrected chi connectivity index (χ4v) is 2.18. The smallest absolute Gasteiger partial charge is 0.311 e. The highest BCUT2D eigenvalue weighted by Crippen LogP contribution is 2.28. The number of halogens is 2. The summed E-state index contributed by atoms with van der Waals surface area (Å²) in [6.07, 6.45) is 2.37. The van der Waals surface area contributed by atoms with Gasteiger partial charge in [-0.25, -0.2) is 0 Å². The molecule has 94 valence electrons. The summed E-state index contributed by atoms with van der Waals surface area (Å²) in [4.78, 5) is 11.6. The van der Waals surface area contributed by atoms with Crippen LogP contribution in [-0.2, 0) is 11.2 Å². The van der Waals surface area contributed by atoms with Gasteiger partial charge in [-0.15, -0.1) is 0 Å². The van der Waals surface area contributed by atoms with E-state index >= 15 is 0 Å². The van der Waals surface area contributed by atoms with Gasteiger partial charge in [0.05, 0.1) is 17.2 Å². The van der Waals surface area contributed by atoms with Gasteiger partial charge in [-0.05, 0) is 46.3 Å². The van der Waals surface area contributed by atoms with Crippen LogP contribution in [0.5, 0.6) is 5.75 Å². The average molecular weight is 330 g/mol. The number of carbonyl (C=O) groups excluding carboxylic acids is 1. The lowest BCUT2D eigenvalue weighted by molar-refractivity contribution is -0.134. The Morgan fingerprint density at radius 1 is 1.39 bits per heavy atom. The second-order valence-electron chi connectivity index (χ2n) is 3.63. The molecule has 0 aliphatic carbocycles. The van der Waals surface area contributed by atoms with Crippen LogP contribution in [0.2, 0.25) is 5.02 Å². The average Bonchev–Trinajstić information content (AvgIpc) is 2.83. The molecule has 2 aromatic rings. The number of ether oxygens (including phenoxy) is 1. The van der Waals surface area contributed by atoms with Crippen LogP contribution in [0.15, 0.2) is 45.5 Å². The fourth-order valence-electron chi connectivity index (χ4n) is 1.41. The standard InChI is InChI=1S/C13H10BrClO3/c14-11-8-9(15)3-5-12(11)18-13(16)6-4-10-2-1-7-17-10/h1-3,5,7-8H,4,6H2. The lowest BCUT2D eigenvalue weighted by atomic mass is 10.2. The maximum Gasteiger partial charge on any atom is 0.311 e. The molecule has 3 nitrogen and oxygen atoms in total. The summed E-state index contributed by atoms with van der Waals surface area (Å²) in [5.74, 6) is 0.917. The third-order valence-corrected chi connectivity index (χ3v) is 3.13. The van der Waals surface area contributed by atoms with E-state index in [0.717, 1.165) is 5.76 Å². The zero-order valence-electron chi connectivity index (χ0n) is 9.36. The Labute approximate surface area is 118 Å². The second-order valence-corrected chi connectivity index (χ2v) is 4.92.